The second-order valence-corrected chi connectivity index (χ2v) is 6.07. The van der Waals surface area contributed by atoms with Crippen molar-refractivity contribution in [2.45, 2.75) is 32.9 Å². The lowest BCUT2D eigenvalue weighted by Crippen LogP contribution is -2.32. The molecule has 1 fully saturated rings. The predicted molar refractivity (Wildman–Crippen MR) is 87.7 cm³/mol. The monoisotopic (exact) mass is 314 g/mol. The summed E-state index contributed by atoms with van der Waals surface area (Å²) in [6, 6.07) is 7.78. The Morgan fingerprint density at radius 1 is 1.22 bits per heavy atom. The molecule has 0 bridgehead atoms. The average molecular weight is 314 g/mol. The number of likely N-dealkylation sites (tertiary alicyclic amines) is 1. The number of nitrogens with zero attached hydrogens (tertiary/aromatic N) is 4. The minimum atomic E-state index is -0.0190. The number of amides is 2. The molecular weight excluding hydrogens is 292 g/mol. The van der Waals surface area contributed by atoms with Crippen molar-refractivity contribution in [3.63, 3.8) is 0 Å². The van der Waals surface area contributed by atoms with Crippen LogP contribution < -0.4 is 0 Å². The van der Waals surface area contributed by atoms with Crippen LogP contribution in [-0.2, 0) is 22.7 Å². The van der Waals surface area contributed by atoms with E-state index in [9.17, 15) is 9.59 Å². The number of rotatable bonds is 4. The van der Waals surface area contributed by atoms with Gasteiger partial charge in [-0.05, 0) is 25.0 Å². The maximum Gasteiger partial charge on any atom is 0.242 e. The lowest BCUT2D eigenvalue weighted by atomic mass is 10.3. The fraction of sp³-hybridized carbons (Fsp3) is 0.471. The third-order valence-electron chi connectivity index (χ3n) is 4.40. The van der Waals surface area contributed by atoms with Crippen LogP contribution in [-0.4, -0.2) is 51.3 Å². The maximum absolute atomic E-state index is 12.5. The fourth-order valence-corrected chi connectivity index (χ4v) is 2.95. The fourth-order valence-electron chi connectivity index (χ4n) is 2.95. The number of carbonyl (C=O) groups excluding carboxylic acids is 2. The Morgan fingerprint density at radius 3 is 2.61 bits per heavy atom. The van der Waals surface area contributed by atoms with Gasteiger partial charge in [-0.15, -0.1) is 0 Å². The SMILES string of the molecule is CC(=O)N(C)Cc1nc2ccccc2n1CC(=O)N1CCCC1. The van der Waals surface area contributed by atoms with Gasteiger partial charge in [-0.3, -0.25) is 9.59 Å². The number of imidazole rings is 1. The quantitative estimate of drug-likeness (QED) is 0.862. The topological polar surface area (TPSA) is 58.4 Å². The molecule has 0 aliphatic carbocycles. The summed E-state index contributed by atoms with van der Waals surface area (Å²) in [5.41, 5.74) is 1.79. The lowest BCUT2D eigenvalue weighted by Gasteiger charge is -2.19. The van der Waals surface area contributed by atoms with Crippen molar-refractivity contribution in [3.05, 3.63) is 30.1 Å². The minimum absolute atomic E-state index is 0.0190. The van der Waals surface area contributed by atoms with Gasteiger partial charge in [0.25, 0.3) is 0 Å². The number of benzene rings is 1. The number of hydrogen-bond acceptors (Lipinski definition) is 3. The van der Waals surface area contributed by atoms with E-state index in [1.807, 2.05) is 33.7 Å². The Kier molecular flexibility index (Phi) is 4.32. The zero-order valence-electron chi connectivity index (χ0n) is 13.7. The average Bonchev–Trinajstić information content (AvgIpc) is 3.16. The van der Waals surface area contributed by atoms with E-state index in [-0.39, 0.29) is 18.4 Å². The second kappa shape index (κ2) is 6.40. The van der Waals surface area contributed by atoms with Gasteiger partial charge >= 0.3 is 0 Å². The standard InChI is InChI=1S/C17H22N4O2/c1-13(22)19(2)11-16-18-14-7-3-4-8-15(14)21(16)12-17(23)20-9-5-6-10-20/h3-4,7-8H,5-6,9-12H2,1-2H3. The van der Waals surface area contributed by atoms with Gasteiger partial charge < -0.3 is 14.4 Å². The van der Waals surface area contributed by atoms with Crippen molar-refractivity contribution >= 4 is 22.8 Å². The molecule has 0 saturated carbocycles. The van der Waals surface area contributed by atoms with Crippen LogP contribution in [0.5, 0.6) is 0 Å². The van der Waals surface area contributed by atoms with Crippen LogP contribution >= 0.6 is 0 Å². The Hall–Kier alpha value is -2.37. The van der Waals surface area contributed by atoms with Crippen molar-refractivity contribution in [2.75, 3.05) is 20.1 Å². The minimum Gasteiger partial charge on any atom is -0.341 e. The van der Waals surface area contributed by atoms with Crippen molar-refractivity contribution in [1.82, 2.24) is 19.4 Å². The molecule has 122 valence electrons. The lowest BCUT2D eigenvalue weighted by molar-refractivity contribution is -0.130. The summed E-state index contributed by atoms with van der Waals surface area (Å²) in [6.45, 7) is 3.89. The van der Waals surface area contributed by atoms with E-state index in [0.717, 1.165) is 42.8 Å². The van der Waals surface area contributed by atoms with Crippen LogP contribution in [0.25, 0.3) is 11.0 Å². The van der Waals surface area contributed by atoms with Crippen molar-refractivity contribution < 1.29 is 9.59 Å². The van der Waals surface area contributed by atoms with E-state index in [4.69, 9.17) is 0 Å². The molecule has 1 aliphatic heterocycles. The van der Waals surface area contributed by atoms with Crippen LogP contribution in [0, 0.1) is 0 Å². The van der Waals surface area contributed by atoms with Crippen molar-refractivity contribution in [2.24, 2.45) is 0 Å². The zero-order chi connectivity index (χ0) is 16.4. The number of aromatic nitrogens is 2. The molecule has 1 saturated heterocycles. The van der Waals surface area contributed by atoms with Crippen LogP contribution in [0.15, 0.2) is 24.3 Å². The van der Waals surface area contributed by atoms with Gasteiger partial charge in [-0.25, -0.2) is 4.98 Å². The first-order valence-electron chi connectivity index (χ1n) is 8.00. The summed E-state index contributed by atoms with van der Waals surface area (Å²) < 4.78 is 1.94. The first-order valence-corrected chi connectivity index (χ1v) is 8.00. The largest absolute Gasteiger partial charge is 0.341 e. The van der Waals surface area contributed by atoms with Gasteiger partial charge in [0, 0.05) is 27.1 Å². The molecule has 0 N–H and O–H groups in total. The highest BCUT2D eigenvalue weighted by atomic mass is 16.2. The van der Waals surface area contributed by atoms with E-state index in [0.29, 0.717) is 6.54 Å². The summed E-state index contributed by atoms with van der Waals surface area (Å²) in [5, 5.41) is 0. The molecule has 0 radical (unpaired) electrons. The molecule has 1 aromatic heterocycles. The smallest absolute Gasteiger partial charge is 0.242 e. The van der Waals surface area contributed by atoms with Gasteiger partial charge in [0.05, 0.1) is 17.6 Å². The molecule has 3 rings (SSSR count). The molecule has 6 nitrogen and oxygen atoms in total. The molecule has 2 aromatic rings. The van der Waals surface area contributed by atoms with Crippen LogP contribution in [0.1, 0.15) is 25.6 Å². The summed E-state index contributed by atoms with van der Waals surface area (Å²) in [4.78, 5) is 32.2. The van der Waals surface area contributed by atoms with Gasteiger partial charge in [0.2, 0.25) is 11.8 Å². The second-order valence-electron chi connectivity index (χ2n) is 6.07. The Morgan fingerprint density at radius 2 is 1.91 bits per heavy atom. The van der Waals surface area contributed by atoms with Gasteiger partial charge in [0.15, 0.2) is 0 Å². The molecule has 2 amide bonds. The Bertz CT molecular complexity index is 731. The number of para-hydroxylation sites is 2. The highest BCUT2D eigenvalue weighted by Gasteiger charge is 2.21. The normalized spacial score (nSPS) is 14.4. The highest BCUT2D eigenvalue weighted by Crippen LogP contribution is 2.18. The van der Waals surface area contributed by atoms with Crippen molar-refractivity contribution in [1.29, 1.82) is 0 Å². The molecule has 23 heavy (non-hydrogen) atoms. The molecular formula is C17H22N4O2. The van der Waals surface area contributed by atoms with Gasteiger partial charge in [0.1, 0.15) is 12.4 Å². The first kappa shape index (κ1) is 15.5. The number of fused-ring (bicyclic) bond motifs is 1. The van der Waals surface area contributed by atoms with E-state index in [2.05, 4.69) is 4.98 Å². The summed E-state index contributed by atoms with van der Waals surface area (Å²) in [6.07, 6.45) is 2.16. The molecule has 0 unspecified atom stereocenters. The van der Waals surface area contributed by atoms with Crippen LogP contribution in [0.4, 0.5) is 0 Å². The number of carbonyl (C=O) groups is 2. The van der Waals surface area contributed by atoms with Crippen molar-refractivity contribution in [3.8, 4) is 0 Å². The van der Waals surface area contributed by atoms with Crippen LogP contribution in [0.2, 0.25) is 0 Å². The third kappa shape index (κ3) is 3.21. The van der Waals surface area contributed by atoms with E-state index in [1.165, 1.54) is 6.92 Å². The molecule has 2 heterocycles. The summed E-state index contributed by atoms with van der Waals surface area (Å²) in [7, 11) is 1.74. The number of hydrogen-bond donors (Lipinski definition) is 0. The molecule has 1 aliphatic rings. The molecule has 6 heteroatoms. The Labute approximate surface area is 135 Å². The predicted octanol–water partition coefficient (Wildman–Crippen LogP) is 1.64. The van der Waals surface area contributed by atoms with Gasteiger partial charge in [-0.1, -0.05) is 12.1 Å². The summed E-state index contributed by atoms with van der Waals surface area (Å²) in [5.74, 6) is 0.850. The van der Waals surface area contributed by atoms with Gasteiger partial charge in [-0.2, -0.15) is 0 Å². The third-order valence-corrected chi connectivity index (χ3v) is 4.40. The summed E-state index contributed by atoms with van der Waals surface area (Å²) >= 11 is 0. The van der Waals surface area contributed by atoms with E-state index < -0.39 is 0 Å². The maximum atomic E-state index is 12.5. The molecule has 0 atom stereocenters. The van der Waals surface area contributed by atoms with E-state index >= 15 is 0 Å². The molecule has 1 aromatic carbocycles. The Balaban J connectivity index is 1.92. The highest BCUT2D eigenvalue weighted by molar-refractivity contribution is 5.81. The van der Waals surface area contributed by atoms with E-state index in [1.54, 1.807) is 11.9 Å². The van der Waals surface area contributed by atoms with Crippen LogP contribution in [0.3, 0.4) is 0 Å². The zero-order valence-corrected chi connectivity index (χ0v) is 13.7. The first-order chi connectivity index (χ1) is 11.1. The molecule has 0 spiro atoms.